The van der Waals surface area contributed by atoms with Crippen molar-refractivity contribution in [1.29, 1.82) is 0 Å². The number of rotatable bonds is 4. The Labute approximate surface area is 95.7 Å². The van der Waals surface area contributed by atoms with Crippen molar-refractivity contribution in [2.24, 2.45) is 5.73 Å². The molecule has 2 N–H and O–H groups in total. The molecule has 0 aliphatic rings. The van der Waals surface area contributed by atoms with Crippen LogP contribution >= 0.6 is 0 Å². The van der Waals surface area contributed by atoms with Gasteiger partial charge in [0.15, 0.2) is 0 Å². The number of hydrogen-bond acceptors (Lipinski definition) is 3. The molecule has 2 aromatic heterocycles. The highest BCUT2D eigenvalue weighted by Crippen LogP contribution is 2.15. The van der Waals surface area contributed by atoms with Crippen LogP contribution in [0.4, 0.5) is 5.69 Å². The fourth-order valence-electron chi connectivity index (χ4n) is 1.91. The average molecular weight is 218 g/mol. The smallest absolute Gasteiger partial charge is 0.137 e. The predicted octanol–water partition coefficient (Wildman–Crippen LogP) is 1.64. The van der Waals surface area contributed by atoms with E-state index in [1.54, 1.807) is 0 Å². The molecule has 0 spiro atoms. The van der Waals surface area contributed by atoms with Gasteiger partial charge in [-0.05, 0) is 26.0 Å². The lowest BCUT2D eigenvalue weighted by molar-refractivity contribution is 0.860. The lowest BCUT2D eigenvalue weighted by atomic mass is 10.3. The summed E-state index contributed by atoms with van der Waals surface area (Å²) in [5, 5.41) is 0. The number of pyridine rings is 1. The van der Waals surface area contributed by atoms with Gasteiger partial charge in [-0.1, -0.05) is 0 Å². The Morgan fingerprint density at radius 3 is 2.62 bits per heavy atom. The fraction of sp³-hybridized carbons (Fsp3) is 0.417. The summed E-state index contributed by atoms with van der Waals surface area (Å²) in [6, 6.07) is 4.14. The topological polar surface area (TPSA) is 46.6 Å². The van der Waals surface area contributed by atoms with Crippen molar-refractivity contribution in [3.63, 3.8) is 0 Å². The van der Waals surface area contributed by atoms with Crippen LogP contribution in [0.3, 0.4) is 0 Å². The second-order valence-electron chi connectivity index (χ2n) is 3.76. The van der Waals surface area contributed by atoms with E-state index in [9.17, 15) is 0 Å². The van der Waals surface area contributed by atoms with Gasteiger partial charge in [-0.15, -0.1) is 0 Å². The van der Waals surface area contributed by atoms with Gasteiger partial charge in [0.2, 0.25) is 0 Å². The van der Waals surface area contributed by atoms with E-state index in [4.69, 9.17) is 5.73 Å². The number of anilines is 1. The summed E-state index contributed by atoms with van der Waals surface area (Å²) >= 11 is 0. The second kappa shape index (κ2) is 4.53. The molecule has 86 valence electrons. The van der Waals surface area contributed by atoms with E-state index in [2.05, 4.69) is 36.0 Å². The molecule has 16 heavy (non-hydrogen) atoms. The summed E-state index contributed by atoms with van der Waals surface area (Å²) in [5.41, 5.74) is 8.68. The Morgan fingerprint density at radius 1 is 1.25 bits per heavy atom. The van der Waals surface area contributed by atoms with Crippen LogP contribution in [0, 0.1) is 0 Å². The molecule has 0 aliphatic heterocycles. The maximum atomic E-state index is 5.58. The summed E-state index contributed by atoms with van der Waals surface area (Å²) in [6.45, 7) is 6.84. The number of hydrogen-bond donors (Lipinski definition) is 1. The Hall–Kier alpha value is -1.55. The molecule has 0 saturated heterocycles. The Morgan fingerprint density at radius 2 is 2.00 bits per heavy atom. The van der Waals surface area contributed by atoms with Gasteiger partial charge in [0.05, 0.1) is 11.4 Å². The van der Waals surface area contributed by atoms with Crippen molar-refractivity contribution in [3.05, 3.63) is 30.2 Å². The molecule has 0 amide bonds. The molecule has 0 aliphatic carbocycles. The minimum absolute atomic E-state index is 0.488. The first-order valence-electron chi connectivity index (χ1n) is 5.71. The summed E-state index contributed by atoms with van der Waals surface area (Å²) in [6.07, 6.45) is 4.09. The second-order valence-corrected chi connectivity index (χ2v) is 3.76. The minimum atomic E-state index is 0.488. The quantitative estimate of drug-likeness (QED) is 0.848. The minimum Gasteiger partial charge on any atom is -0.371 e. The highest BCUT2D eigenvalue weighted by Gasteiger charge is 2.04. The third-order valence-electron chi connectivity index (χ3n) is 2.82. The fourth-order valence-corrected chi connectivity index (χ4v) is 1.91. The van der Waals surface area contributed by atoms with Gasteiger partial charge < -0.3 is 15.0 Å². The van der Waals surface area contributed by atoms with Crippen molar-refractivity contribution in [2.75, 3.05) is 18.0 Å². The lowest BCUT2D eigenvalue weighted by Gasteiger charge is -2.20. The van der Waals surface area contributed by atoms with Crippen LogP contribution in [0.15, 0.2) is 24.5 Å². The summed E-state index contributed by atoms with van der Waals surface area (Å²) in [5.74, 6) is 0. The SMILES string of the molecule is CCN(CC)c1ccc2nc(CN)cn2c1. The van der Waals surface area contributed by atoms with Gasteiger partial charge in [-0.3, -0.25) is 0 Å². The van der Waals surface area contributed by atoms with Gasteiger partial charge in [-0.2, -0.15) is 0 Å². The third-order valence-corrected chi connectivity index (χ3v) is 2.82. The predicted molar refractivity (Wildman–Crippen MR) is 66.6 cm³/mol. The molecule has 0 unspecified atom stereocenters. The maximum Gasteiger partial charge on any atom is 0.137 e. The zero-order valence-corrected chi connectivity index (χ0v) is 9.85. The van der Waals surface area contributed by atoms with Crippen LogP contribution in [-0.2, 0) is 6.54 Å². The Bertz CT molecular complexity index is 471. The highest BCUT2D eigenvalue weighted by atomic mass is 15.1. The monoisotopic (exact) mass is 218 g/mol. The van der Waals surface area contributed by atoms with Crippen molar-refractivity contribution < 1.29 is 0 Å². The van der Waals surface area contributed by atoms with Crippen LogP contribution in [0.2, 0.25) is 0 Å². The molecule has 0 atom stereocenters. The molecule has 2 heterocycles. The molecule has 0 radical (unpaired) electrons. The van der Waals surface area contributed by atoms with Gasteiger partial charge >= 0.3 is 0 Å². The maximum absolute atomic E-state index is 5.58. The van der Waals surface area contributed by atoms with Gasteiger partial charge in [0.25, 0.3) is 0 Å². The number of nitrogens with zero attached hydrogens (tertiary/aromatic N) is 3. The van der Waals surface area contributed by atoms with E-state index in [1.165, 1.54) is 5.69 Å². The molecule has 0 fully saturated rings. The first kappa shape index (κ1) is 11.0. The van der Waals surface area contributed by atoms with Crippen molar-refractivity contribution in [1.82, 2.24) is 9.38 Å². The molecule has 2 rings (SSSR count). The van der Waals surface area contributed by atoms with Gasteiger partial charge in [0, 0.05) is 32.0 Å². The van der Waals surface area contributed by atoms with Crippen LogP contribution < -0.4 is 10.6 Å². The van der Waals surface area contributed by atoms with E-state index < -0.39 is 0 Å². The highest BCUT2D eigenvalue weighted by molar-refractivity contribution is 5.52. The Balaban J connectivity index is 2.42. The normalized spacial score (nSPS) is 10.9. The molecular weight excluding hydrogens is 200 g/mol. The van der Waals surface area contributed by atoms with Crippen LogP contribution in [0.5, 0.6) is 0 Å². The molecule has 0 saturated carbocycles. The standard InChI is InChI=1S/C12H18N4/c1-3-15(4-2)11-5-6-12-14-10(7-13)8-16(12)9-11/h5-6,8-9H,3-4,7,13H2,1-2H3. The summed E-state index contributed by atoms with van der Waals surface area (Å²) in [7, 11) is 0. The number of aromatic nitrogens is 2. The zero-order chi connectivity index (χ0) is 11.5. The van der Waals surface area contributed by atoms with Gasteiger partial charge in [0.1, 0.15) is 5.65 Å². The third kappa shape index (κ3) is 1.88. The molecule has 0 bridgehead atoms. The van der Waals surface area contributed by atoms with E-state index in [0.29, 0.717) is 6.54 Å². The van der Waals surface area contributed by atoms with Gasteiger partial charge in [-0.25, -0.2) is 4.98 Å². The summed E-state index contributed by atoms with van der Waals surface area (Å²) in [4.78, 5) is 6.71. The van der Waals surface area contributed by atoms with E-state index in [1.807, 2.05) is 16.7 Å². The molecule has 2 aromatic rings. The van der Waals surface area contributed by atoms with E-state index in [0.717, 1.165) is 24.4 Å². The number of nitrogens with two attached hydrogens (primary N) is 1. The lowest BCUT2D eigenvalue weighted by Crippen LogP contribution is -2.21. The van der Waals surface area contributed by atoms with Crippen LogP contribution in [0.25, 0.3) is 5.65 Å². The first-order valence-corrected chi connectivity index (χ1v) is 5.71. The number of imidazole rings is 1. The first-order chi connectivity index (χ1) is 7.78. The number of fused-ring (bicyclic) bond motifs is 1. The molecule has 4 nitrogen and oxygen atoms in total. The van der Waals surface area contributed by atoms with Crippen molar-refractivity contribution >= 4 is 11.3 Å². The largest absolute Gasteiger partial charge is 0.371 e. The zero-order valence-electron chi connectivity index (χ0n) is 9.85. The molecule has 4 heteroatoms. The van der Waals surface area contributed by atoms with E-state index >= 15 is 0 Å². The summed E-state index contributed by atoms with van der Waals surface area (Å²) < 4.78 is 2.04. The van der Waals surface area contributed by atoms with Crippen LogP contribution in [0.1, 0.15) is 19.5 Å². The van der Waals surface area contributed by atoms with Crippen molar-refractivity contribution in [3.8, 4) is 0 Å². The van der Waals surface area contributed by atoms with E-state index in [-0.39, 0.29) is 0 Å². The average Bonchev–Trinajstić information content (AvgIpc) is 2.73. The van der Waals surface area contributed by atoms with Crippen molar-refractivity contribution in [2.45, 2.75) is 20.4 Å². The molecule has 0 aromatic carbocycles. The Kier molecular flexibility index (Phi) is 3.10. The van der Waals surface area contributed by atoms with Crippen LogP contribution in [-0.4, -0.2) is 22.5 Å². The molecular formula is C12H18N4.